The predicted molar refractivity (Wildman–Crippen MR) is 83.9 cm³/mol. The minimum Gasteiger partial charge on any atom is -0.456 e. The predicted octanol–water partition coefficient (Wildman–Crippen LogP) is 3.75. The van der Waals surface area contributed by atoms with Crippen molar-refractivity contribution in [2.75, 3.05) is 20.6 Å². The normalized spacial score (nSPS) is 10.9. The standard InChI is InChI=1S/C16H15NO2.ClH/c1-17(2)10-14(18)11-7-8-16-13(9-11)12-5-3-4-6-15(12)19-16;/h3-9H,10H2,1-2H3;1H. The van der Waals surface area contributed by atoms with E-state index in [2.05, 4.69) is 0 Å². The van der Waals surface area contributed by atoms with E-state index in [-0.39, 0.29) is 18.2 Å². The Labute approximate surface area is 123 Å². The molecular weight excluding hydrogens is 274 g/mol. The van der Waals surface area contributed by atoms with Gasteiger partial charge in [0.2, 0.25) is 0 Å². The van der Waals surface area contributed by atoms with Crippen molar-refractivity contribution in [1.82, 2.24) is 4.90 Å². The zero-order chi connectivity index (χ0) is 13.4. The molecule has 0 fully saturated rings. The van der Waals surface area contributed by atoms with Crippen LogP contribution in [0.5, 0.6) is 0 Å². The van der Waals surface area contributed by atoms with Gasteiger partial charge in [-0.15, -0.1) is 12.4 Å². The summed E-state index contributed by atoms with van der Waals surface area (Å²) in [6, 6.07) is 13.5. The van der Waals surface area contributed by atoms with Crippen molar-refractivity contribution in [3.8, 4) is 0 Å². The summed E-state index contributed by atoms with van der Waals surface area (Å²) in [7, 11) is 3.79. The van der Waals surface area contributed by atoms with Crippen molar-refractivity contribution in [3.05, 3.63) is 48.0 Å². The molecule has 0 aliphatic carbocycles. The number of Topliss-reactive ketones (excluding diaryl/α,β-unsaturated/α-hetero) is 1. The van der Waals surface area contributed by atoms with Gasteiger partial charge in [0.05, 0.1) is 6.54 Å². The fraction of sp³-hybridized carbons (Fsp3) is 0.188. The van der Waals surface area contributed by atoms with Gasteiger partial charge >= 0.3 is 0 Å². The lowest BCUT2D eigenvalue weighted by Gasteiger charge is -2.08. The highest BCUT2D eigenvalue weighted by molar-refractivity contribution is 6.08. The van der Waals surface area contributed by atoms with Crippen LogP contribution in [0, 0.1) is 0 Å². The molecule has 4 heteroatoms. The Bertz CT molecular complexity index is 761. The molecule has 3 nitrogen and oxygen atoms in total. The van der Waals surface area contributed by atoms with E-state index >= 15 is 0 Å². The van der Waals surface area contributed by atoms with Crippen LogP contribution in [0.3, 0.4) is 0 Å². The lowest BCUT2D eigenvalue weighted by atomic mass is 10.1. The third-order valence-corrected chi connectivity index (χ3v) is 3.16. The SMILES string of the molecule is CN(C)CC(=O)c1ccc2oc3ccccc3c2c1.Cl. The number of benzene rings is 2. The number of rotatable bonds is 3. The first kappa shape index (κ1) is 14.6. The summed E-state index contributed by atoms with van der Waals surface area (Å²) in [5.41, 5.74) is 2.41. The summed E-state index contributed by atoms with van der Waals surface area (Å²) in [6.07, 6.45) is 0. The number of nitrogens with zero attached hydrogens (tertiary/aromatic N) is 1. The van der Waals surface area contributed by atoms with E-state index in [1.807, 2.05) is 61.5 Å². The van der Waals surface area contributed by atoms with Gasteiger partial charge in [-0.2, -0.15) is 0 Å². The summed E-state index contributed by atoms with van der Waals surface area (Å²) in [5.74, 6) is 0.122. The molecule has 2 aromatic carbocycles. The molecule has 1 heterocycles. The van der Waals surface area contributed by atoms with Gasteiger partial charge in [-0.25, -0.2) is 0 Å². The molecule has 0 saturated carbocycles. The van der Waals surface area contributed by atoms with Crippen molar-refractivity contribution >= 4 is 40.1 Å². The number of para-hydroxylation sites is 1. The minimum absolute atomic E-state index is 0. The molecular formula is C16H16ClNO2. The Balaban J connectivity index is 0.00000147. The van der Waals surface area contributed by atoms with Crippen LogP contribution in [0.25, 0.3) is 21.9 Å². The maximum atomic E-state index is 12.1. The first-order chi connectivity index (χ1) is 9.15. The number of hydrogen-bond acceptors (Lipinski definition) is 3. The molecule has 3 aromatic rings. The summed E-state index contributed by atoms with van der Waals surface area (Å²) < 4.78 is 5.75. The van der Waals surface area contributed by atoms with Gasteiger partial charge in [0.15, 0.2) is 5.78 Å². The van der Waals surface area contributed by atoms with Gasteiger partial charge in [0.1, 0.15) is 11.2 Å². The molecule has 0 spiro atoms. The van der Waals surface area contributed by atoms with Gasteiger partial charge in [-0.3, -0.25) is 4.79 Å². The van der Waals surface area contributed by atoms with Crippen LogP contribution in [0.15, 0.2) is 46.9 Å². The number of fused-ring (bicyclic) bond motifs is 3. The Morgan fingerprint density at radius 2 is 1.75 bits per heavy atom. The van der Waals surface area contributed by atoms with Crippen LogP contribution in [0.2, 0.25) is 0 Å². The van der Waals surface area contributed by atoms with Crippen LogP contribution in [-0.4, -0.2) is 31.3 Å². The second-order valence-corrected chi connectivity index (χ2v) is 4.97. The Morgan fingerprint density at radius 3 is 2.50 bits per heavy atom. The fourth-order valence-electron chi connectivity index (χ4n) is 2.28. The Hall–Kier alpha value is -1.84. The van der Waals surface area contributed by atoms with Gasteiger partial charge in [0.25, 0.3) is 0 Å². The smallest absolute Gasteiger partial charge is 0.176 e. The van der Waals surface area contributed by atoms with E-state index in [0.717, 1.165) is 27.5 Å². The average Bonchev–Trinajstić information content (AvgIpc) is 2.75. The zero-order valence-electron chi connectivity index (χ0n) is 11.4. The number of furan rings is 1. The van der Waals surface area contributed by atoms with E-state index in [1.54, 1.807) is 0 Å². The molecule has 104 valence electrons. The molecule has 1 aromatic heterocycles. The van der Waals surface area contributed by atoms with Gasteiger partial charge in [-0.05, 0) is 38.4 Å². The minimum atomic E-state index is 0. The lowest BCUT2D eigenvalue weighted by molar-refractivity contribution is 0.0958. The van der Waals surface area contributed by atoms with Gasteiger partial charge in [0, 0.05) is 16.3 Å². The highest BCUT2D eigenvalue weighted by Gasteiger charge is 2.11. The maximum Gasteiger partial charge on any atom is 0.176 e. The molecule has 20 heavy (non-hydrogen) atoms. The average molecular weight is 290 g/mol. The number of hydrogen-bond donors (Lipinski definition) is 0. The molecule has 0 amide bonds. The van der Waals surface area contributed by atoms with Crippen molar-refractivity contribution in [2.45, 2.75) is 0 Å². The topological polar surface area (TPSA) is 33.5 Å². The van der Waals surface area contributed by atoms with E-state index in [9.17, 15) is 4.79 Å². The number of halogens is 1. The molecule has 0 atom stereocenters. The second kappa shape index (κ2) is 5.65. The summed E-state index contributed by atoms with van der Waals surface area (Å²) in [6.45, 7) is 0.418. The highest BCUT2D eigenvalue weighted by atomic mass is 35.5. The van der Waals surface area contributed by atoms with E-state index in [1.165, 1.54) is 0 Å². The maximum absolute atomic E-state index is 12.1. The van der Waals surface area contributed by atoms with Crippen LogP contribution in [-0.2, 0) is 0 Å². The summed E-state index contributed by atoms with van der Waals surface area (Å²) >= 11 is 0. The first-order valence-electron chi connectivity index (χ1n) is 6.24. The van der Waals surface area contributed by atoms with Crippen LogP contribution in [0.1, 0.15) is 10.4 Å². The zero-order valence-corrected chi connectivity index (χ0v) is 12.2. The largest absolute Gasteiger partial charge is 0.456 e. The number of carbonyl (C=O) groups is 1. The third-order valence-electron chi connectivity index (χ3n) is 3.16. The molecule has 0 saturated heterocycles. The first-order valence-corrected chi connectivity index (χ1v) is 6.24. The summed E-state index contributed by atoms with van der Waals surface area (Å²) in [4.78, 5) is 14.0. The number of carbonyl (C=O) groups excluding carboxylic acids is 1. The molecule has 0 aliphatic heterocycles. The molecule has 0 aliphatic rings. The number of likely N-dealkylation sites (N-methyl/N-ethyl adjacent to an activating group) is 1. The fourth-order valence-corrected chi connectivity index (χ4v) is 2.28. The van der Waals surface area contributed by atoms with Crippen molar-refractivity contribution < 1.29 is 9.21 Å². The monoisotopic (exact) mass is 289 g/mol. The Morgan fingerprint density at radius 1 is 1.05 bits per heavy atom. The van der Waals surface area contributed by atoms with Crippen molar-refractivity contribution in [1.29, 1.82) is 0 Å². The highest BCUT2D eigenvalue weighted by Crippen LogP contribution is 2.29. The molecule has 0 bridgehead atoms. The van der Waals surface area contributed by atoms with E-state index in [0.29, 0.717) is 6.54 Å². The van der Waals surface area contributed by atoms with Crippen molar-refractivity contribution in [3.63, 3.8) is 0 Å². The summed E-state index contributed by atoms with van der Waals surface area (Å²) in [5, 5.41) is 2.05. The van der Waals surface area contributed by atoms with Gasteiger partial charge < -0.3 is 9.32 Å². The molecule has 3 rings (SSSR count). The second-order valence-electron chi connectivity index (χ2n) is 4.97. The molecule has 0 N–H and O–H groups in total. The van der Waals surface area contributed by atoms with Crippen LogP contribution >= 0.6 is 12.4 Å². The Kier molecular flexibility index (Phi) is 4.12. The molecule has 0 radical (unpaired) electrons. The van der Waals surface area contributed by atoms with Crippen molar-refractivity contribution in [2.24, 2.45) is 0 Å². The van der Waals surface area contributed by atoms with E-state index < -0.39 is 0 Å². The van der Waals surface area contributed by atoms with Gasteiger partial charge in [-0.1, -0.05) is 18.2 Å². The van der Waals surface area contributed by atoms with Crippen LogP contribution < -0.4 is 0 Å². The quantitative estimate of drug-likeness (QED) is 0.689. The number of ketones is 1. The van der Waals surface area contributed by atoms with Crippen LogP contribution in [0.4, 0.5) is 0 Å². The third kappa shape index (κ3) is 2.55. The van der Waals surface area contributed by atoms with E-state index in [4.69, 9.17) is 4.42 Å². The lowest BCUT2D eigenvalue weighted by Crippen LogP contribution is -2.21. The molecule has 0 unspecified atom stereocenters.